The lowest BCUT2D eigenvalue weighted by Crippen LogP contribution is -2.18. The predicted octanol–water partition coefficient (Wildman–Crippen LogP) is 1.000. The average Bonchev–Trinajstić information content (AvgIpc) is 2.48. The molecule has 0 spiro atoms. The van der Waals surface area contributed by atoms with Gasteiger partial charge < -0.3 is 10.6 Å². The zero-order chi connectivity index (χ0) is 9.68. The number of aromatic nitrogens is 1. The summed E-state index contributed by atoms with van der Waals surface area (Å²) >= 11 is 1.45. The van der Waals surface area contributed by atoms with Gasteiger partial charge in [-0.25, -0.2) is 4.98 Å². The number of nitrogens with zero attached hydrogens (tertiary/aromatic N) is 1. The van der Waals surface area contributed by atoms with Crippen molar-refractivity contribution in [2.75, 3.05) is 18.9 Å². The first-order valence-corrected chi connectivity index (χ1v) is 4.97. The molecule has 4 nitrogen and oxygen atoms in total. The molecule has 1 rings (SSSR count). The molecular formula is C8H13N3OS. The van der Waals surface area contributed by atoms with E-state index in [-0.39, 0.29) is 5.91 Å². The molecule has 0 bridgehead atoms. The lowest BCUT2D eigenvalue weighted by Gasteiger charge is -1.99. The molecule has 5 heteroatoms. The summed E-state index contributed by atoms with van der Waals surface area (Å²) < 4.78 is 0. The molecule has 2 N–H and O–H groups in total. The number of rotatable bonds is 4. The zero-order valence-corrected chi connectivity index (χ0v) is 8.57. The Kier molecular flexibility index (Phi) is 3.85. The molecule has 72 valence electrons. The largest absolute Gasteiger partial charge is 0.319 e. The number of nitrogens with one attached hydrogen (secondary N) is 2. The van der Waals surface area contributed by atoms with Crippen LogP contribution in [0.5, 0.6) is 0 Å². The fraction of sp³-hybridized carbons (Fsp3) is 0.500. The van der Waals surface area contributed by atoms with Gasteiger partial charge in [-0.2, -0.15) is 0 Å². The number of carbonyl (C=O) groups excluding carboxylic acids is 1. The van der Waals surface area contributed by atoms with E-state index in [1.807, 2.05) is 19.4 Å². The second kappa shape index (κ2) is 4.94. The summed E-state index contributed by atoms with van der Waals surface area (Å²) in [5, 5.41) is 8.23. The highest BCUT2D eigenvalue weighted by molar-refractivity contribution is 7.13. The Hall–Kier alpha value is -0.940. The van der Waals surface area contributed by atoms with Gasteiger partial charge in [0.05, 0.1) is 5.69 Å². The third-order valence-corrected chi connectivity index (χ3v) is 2.34. The lowest BCUT2D eigenvalue weighted by atomic mass is 10.4. The molecule has 1 heterocycles. The van der Waals surface area contributed by atoms with Gasteiger partial charge in [-0.1, -0.05) is 0 Å². The van der Waals surface area contributed by atoms with Crippen LogP contribution in [-0.2, 0) is 4.79 Å². The smallest absolute Gasteiger partial charge is 0.227 e. The third kappa shape index (κ3) is 3.52. The Morgan fingerprint density at radius 1 is 1.69 bits per heavy atom. The van der Waals surface area contributed by atoms with E-state index in [9.17, 15) is 4.79 Å². The van der Waals surface area contributed by atoms with Crippen molar-refractivity contribution < 1.29 is 4.79 Å². The highest BCUT2D eigenvalue weighted by Crippen LogP contribution is 2.14. The van der Waals surface area contributed by atoms with Gasteiger partial charge in [0.2, 0.25) is 5.91 Å². The number of hydrogen-bond donors (Lipinski definition) is 2. The van der Waals surface area contributed by atoms with Crippen LogP contribution in [0.15, 0.2) is 5.38 Å². The molecule has 0 aliphatic heterocycles. The van der Waals surface area contributed by atoms with Crippen molar-refractivity contribution in [1.29, 1.82) is 0 Å². The predicted molar refractivity (Wildman–Crippen MR) is 54.0 cm³/mol. The molecule has 13 heavy (non-hydrogen) atoms. The molecule has 0 aliphatic rings. The van der Waals surface area contributed by atoms with Crippen molar-refractivity contribution in [3.8, 4) is 0 Å². The van der Waals surface area contributed by atoms with E-state index in [2.05, 4.69) is 15.6 Å². The fourth-order valence-electron chi connectivity index (χ4n) is 0.832. The highest BCUT2D eigenvalue weighted by atomic mass is 32.1. The maximum absolute atomic E-state index is 11.2. The van der Waals surface area contributed by atoms with E-state index in [4.69, 9.17) is 0 Å². The summed E-state index contributed by atoms with van der Waals surface area (Å²) in [7, 11) is 1.82. The zero-order valence-electron chi connectivity index (χ0n) is 7.76. The second-order valence-corrected chi connectivity index (χ2v) is 3.55. The van der Waals surface area contributed by atoms with Gasteiger partial charge in [-0.3, -0.25) is 4.79 Å². The minimum atomic E-state index is 0.00343. The van der Waals surface area contributed by atoms with Gasteiger partial charge in [-0.15, -0.1) is 11.3 Å². The van der Waals surface area contributed by atoms with E-state index in [0.29, 0.717) is 18.1 Å². The normalized spacial score (nSPS) is 10.0. The van der Waals surface area contributed by atoms with Gasteiger partial charge >= 0.3 is 0 Å². The first kappa shape index (κ1) is 10.1. The molecule has 0 radical (unpaired) electrons. The number of carbonyl (C=O) groups is 1. The molecule has 1 amide bonds. The van der Waals surface area contributed by atoms with Crippen LogP contribution in [0.25, 0.3) is 0 Å². The minimum Gasteiger partial charge on any atom is -0.319 e. The highest BCUT2D eigenvalue weighted by Gasteiger charge is 2.03. The van der Waals surface area contributed by atoms with E-state index in [0.717, 1.165) is 5.69 Å². The van der Waals surface area contributed by atoms with Crippen LogP contribution in [0, 0.1) is 6.92 Å². The number of thiazole rings is 1. The van der Waals surface area contributed by atoms with Crippen LogP contribution in [0.4, 0.5) is 5.13 Å². The van der Waals surface area contributed by atoms with Gasteiger partial charge in [-0.05, 0) is 14.0 Å². The van der Waals surface area contributed by atoms with Crippen molar-refractivity contribution >= 4 is 22.4 Å². The summed E-state index contributed by atoms with van der Waals surface area (Å²) in [4.78, 5) is 15.3. The third-order valence-electron chi connectivity index (χ3n) is 1.47. The minimum absolute atomic E-state index is 0.00343. The molecule has 0 saturated heterocycles. The summed E-state index contributed by atoms with van der Waals surface area (Å²) in [6.07, 6.45) is 0.481. The van der Waals surface area contributed by atoms with Crippen LogP contribution < -0.4 is 10.6 Å². The first-order chi connectivity index (χ1) is 6.22. The topological polar surface area (TPSA) is 54.0 Å². The van der Waals surface area contributed by atoms with Crippen LogP contribution in [0.1, 0.15) is 12.1 Å². The lowest BCUT2D eigenvalue weighted by molar-refractivity contribution is -0.116. The maximum atomic E-state index is 11.2. The van der Waals surface area contributed by atoms with E-state index in [1.54, 1.807) is 0 Å². The van der Waals surface area contributed by atoms with Crippen molar-refractivity contribution in [3.63, 3.8) is 0 Å². The Balaban J connectivity index is 2.36. The van der Waals surface area contributed by atoms with Gasteiger partial charge in [0.25, 0.3) is 0 Å². The first-order valence-electron chi connectivity index (χ1n) is 4.09. The Morgan fingerprint density at radius 2 is 2.46 bits per heavy atom. The fourth-order valence-corrected chi connectivity index (χ4v) is 1.54. The quantitative estimate of drug-likeness (QED) is 0.760. The van der Waals surface area contributed by atoms with Crippen molar-refractivity contribution in [3.05, 3.63) is 11.1 Å². The molecule has 0 atom stereocenters. The SMILES string of the molecule is CNCCC(=O)Nc1nc(C)cs1. The maximum Gasteiger partial charge on any atom is 0.227 e. The standard InChI is InChI=1S/C8H13N3OS/c1-6-5-13-8(10-6)11-7(12)3-4-9-2/h5,9H,3-4H2,1-2H3,(H,10,11,12). The van der Waals surface area contributed by atoms with Gasteiger partial charge in [0, 0.05) is 18.3 Å². The average molecular weight is 199 g/mol. The number of anilines is 1. The van der Waals surface area contributed by atoms with Crippen LogP contribution in [0.2, 0.25) is 0 Å². The van der Waals surface area contributed by atoms with Crippen molar-refractivity contribution in [1.82, 2.24) is 10.3 Å². The summed E-state index contributed by atoms with van der Waals surface area (Å²) in [6, 6.07) is 0. The molecule has 0 saturated carbocycles. The number of hydrogen-bond acceptors (Lipinski definition) is 4. The summed E-state index contributed by atoms with van der Waals surface area (Å²) in [5.74, 6) is 0.00343. The number of amides is 1. The molecule has 0 aromatic carbocycles. The molecule has 1 aromatic heterocycles. The van der Waals surface area contributed by atoms with Crippen LogP contribution in [-0.4, -0.2) is 24.5 Å². The van der Waals surface area contributed by atoms with Gasteiger partial charge in [0.1, 0.15) is 0 Å². The molecule has 0 unspecified atom stereocenters. The van der Waals surface area contributed by atoms with E-state index >= 15 is 0 Å². The molecule has 0 fully saturated rings. The van der Waals surface area contributed by atoms with Gasteiger partial charge in [0.15, 0.2) is 5.13 Å². The molecular weight excluding hydrogens is 186 g/mol. The van der Waals surface area contributed by atoms with E-state index in [1.165, 1.54) is 11.3 Å². The Labute approximate surface area is 81.4 Å². The summed E-state index contributed by atoms with van der Waals surface area (Å²) in [6.45, 7) is 2.59. The Morgan fingerprint density at radius 3 is 3.00 bits per heavy atom. The second-order valence-electron chi connectivity index (χ2n) is 2.70. The number of aryl methyl sites for hydroxylation is 1. The van der Waals surface area contributed by atoms with Crippen molar-refractivity contribution in [2.24, 2.45) is 0 Å². The molecule has 0 aliphatic carbocycles. The Bertz CT molecular complexity index is 285. The molecule has 1 aromatic rings. The van der Waals surface area contributed by atoms with Crippen LogP contribution in [0.3, 0.4) is 0 Å². The van der Waals surface area contributed by atoms with Crippen LogP contribution >= 0.6 is 11.3 Å². The van der Waals surface area contributed by atoms with E-state index < -0.39 is 0 Å². The summed E-state index contributed by atoms with van der Waals surface area (Å²) in [5.41, 5.74) is 0.939. The monoisotopic (exact) mass is 199 g/mol. The van der Waals surface area contributed by atoms with Crippen molar-refractivity contribution in [2.45, 2.75) is 13.3 Å².